The molecule has 2 N–H and O–H groups in total. The van der Waals surface area contributed by atoms with Crippen LogP contribution in [-0.2, 0) is 26.5 Å². The zero-order valence-corrected chi connectivity index (χ0v) is 17.0. The normalized spacial score (nSPS) is 11.8. The molecule has 0 atom stereocenters. The summed E-state index contributed by atoms with van der Waals surface area (Å²) in [6.07, 6.45) is 0.625. The Morgan fingerprint density at radius 1 is 1.25 bits per heavy atom. The van der Waals surface area contributed by atoms with Gasteiger partial charge in [0.25, 0.3) is 10.1 Å². The highest BCUT2D eigenvalue weighted by Crippen LogP contribution is 2.28. The van der Waals surface area contributed by atoms with Gasteiger partial charge in [-0.05, 0) is 36.8 Å². The fourth-order valence-corrected chi connectivity index (χ4v) is 4.35. The number of primary amides is 1. The van der Waals surface area contributed by atoms with Crippen LogP contribution in [0.5, 0.6) is 0 Å². The Labute approximate surface area is 168 Å². The molecule has 0 spiro atoms. The number of amides is 1. The van der Waals surface area contributed by atoms with Crippen molar-refractivity contribution in [3.63, 3.8) is 0 Å². The molecule has 7 nitrogen and oxygen atoms in total. The molecule has 3 rings (SSSR count). The van der Waals surface area contributed by atoms with Gasteiger partial charge >= 0.3 is 0 Å². The van der Waals surface area contributed by atoms with Crippen LogP contribution in [0.4, 0.5) is 0 Å². The van der Waals surface area contributed by atoms with Crippen molar-refractivity contribution in [2.45, 2.75) is 26.0 Å². The van der Waals surface area contributed by atoms with Crippen LogP contribution in [0, 0.1) is 0 Å². The highest BCUT2D eigenvalue weighted by molar-refractivity contribution is 7.85. The van der Waals surface area contributed by atoms with Gasteiger partial charge in [0.15, 0.2) is 0 Å². The largest absolute Gasteiger partial charge is 0.366 e. The number of nitrogens with two attached hydrogens (primary N) is 1. The molecule has 1 amide bonds. The summed E-state index contributed by atoms with van der Waals surface area (Å²) in [4.78, 5) is 16.1. The zero-order valence-electron chi connectivity index (χ0n) is 15.5. The standard InChI is InChI=1S/C19H20ClN3O4S/c1-3-18-22-16-9-14(19(21)24)15(20)10-17(16)23(18)13-7-5-6-12(8-13)11-28(25,26)27-4-2/h5-10H,3-4,11H2,1-2H3,(H2,21,24). The topological polar surface area (TPSA) is 104 Å². The van der Waals surface area contributed by atoms with E-state index >= 15 is 0 Å². The van der Waals surface area contributed by atoms with Gasteiger partial charge < -0.3 is 5.73 Å². The highest BCUT2D eigenvalue weighted by Gasteiger charge is 2.17. The third kappa shape index (κ3) is 4.04. The van der Waals surface area contributed by atoms with Crippen molar-refractivity contribution in [2.75, 3.05) is 6.61 Å². The second-order valence-electron chi connectivity index (χ2n) is 6.18. The van der Waals surface area contributed by atoms with Crippen molar-refractivity contribution in [1.82, 2.24) is 9.55 Å². The Balaban J connectivity index is 2.14. The highest BCUT2D eigenvalue weighted by atomic mass is 35.5. The molecule has 0 unspecified atom stereocenters. The number of imidazole rings is 1. The zero-order chi connectivity index (χ0) is 20.5. The summed E-state index contributed by atoms with van der Waals surface area (Å²) in [5.41, 5.74) is 8.20. The Morgan fingerprint density at radius 2 is 2.00 bits per heavy atom. The lowest BCUT2D eigenvalue weighted by Crippen LogP contribution is -2.11. The second-order valence-corrected chi connectivity index (χ2v) is 8.23. The molecular formula is C19H20ClN3O4S. The SMILES string of the molecule is CCOS(=O)(=O)Cc1cccc(-n2c(CC)nc3cc(C(N)=O)c(Cl)cc32)c1. The van der Waals surface area contributed by atoms with Crippen LogP contribution in [0.2, 0.25) is 5.02 Å². The second kappa shape index (κ2) is 7.90. The number of halogens is 1. The van der Waals surface area contributed by atoms with Crippen molar-refractivity contribution in [1.29, 1.82) is 0 Å². The smallest absolute Gasteiger partial charge is 0.271 e. The van der Waals surface area contributed by atoms with E-state index in [0.717, 1.165) is 11.5 Å². The van der Waals surface area contributed by atoms with Crippen LogP contribution in [0.15, 0.2) is 36.4 Å². The van der Waals surface area contributed by atoms with Gasteiger partial charge in [-0.1, -0.05) is 30.7 Å². The predicted octanol–water partition coefficient (Wildman–Crippen LogP) is 3.21. The third-order valence-corrected chi connectivity index (χ3v) is 5.80. The predicted molar refractivity (Wildman–Crippen MR) is 108 cm³/mol. The Morgan fingerprint density at radius 3 is 2.64 bits per heavy atom. The van der Waals surface area contributed by atoms with Crippen LogP contribution >= 0.6 is 11.6 Å². The molecule has 0 bridgehead atoms. The van der Waals surface area contributed by atoms with Crippen molar-refractivity contribution in [3.8, 4) is 5.69 Å². The molecule has 0 saturated carbocycles. The lowest BCUT2D eigenvalue weighted by Gasteiger charge is -2.11. The molecule has 2 aromatic carbocycles. The number of rotatable bonds is 7. The fraction of sp³-hybridized carbons (Fsp3) is 0.263. The first-order chi connectivity index (χ1) is 13.3. The van der Waals surface area contributed by atoms with Crippen molar-refractivity contribution >= 4 is 38.7 Å². The summed E-state index contributed by atoms with van der Waals surface area (Å²) < 4.78 is 30.7. The molecule has 1 heterocycles. The van der Waals surface area contributed by atoms with Crippen molar-refractivity contribution in [2.24, 2.45) is 5.73 Å². The monoisotopic (exact) mass is 421 g/mol. The number of fused-ring (bicyclic) bond motifs is 1. The number of hydrogen-bond donors (Lipinski definition) is 1. The third-order valence-electron chi connectivity index (χ3n) is 4.20. The summed E-state index contributed by atoms with van der Waals surface area (Å²) in [6.45, 7) is 3.68. The van der Waals surface area contributed by atoms with Gasteiger partial charge in [-0.3, -0.25) is 13.5 Å². The molecular weight excluding hydrogens is 402 g/mol. The van der Waals surface area contributed by atoms with E-state index in [1.54, 1.807) is 37.3 Å². The maximum atomic E-state index is 12.0. The Bertz CT molecular complexity index is 1160. The van der Waals surface area contributed by atoms with E-state index in [2.05, 4.69) is 4.98 Å². The van der Waals surface area contributed by atoms with Gasteiger partial charge in [0.1, 0.15) is 11.6 Å². The molecule has 0 radical (unpaired) electrons. The molecule has 148 valence electrons. The maximum Gasteiger partial charge on any atom is 0.271 e. The van der Waals surface area contributed by atoms with Gasteiger partial charge in [-0.25, -0.2) is 4.98 Å². The average Bonchev–Trinajstić information content (AvgIpc) is 2.97. The van der Waals surface area contributed by atoms with E-state index in [-0.39, 0.29) is 22.9 Å². The van der Waals surface area contributed by atoms with E-state index in [1.807, 2.05) is 17.6 Å². The number of aryl methyl sites for hydroxylation is 1. The first kappa shape index (κ1) is 20.3. The maximum absolute atomic E-state index is 12.0. The molecule has 9 heteroatoms. The molecule has 28 heavy (non-hydrogen) atoms. The van der Waals surface area contributed by atoms with Crippen LogP contribution in [0.1, 0.15) is 35.6 Å². The number of carbonyl (C=O) groups excluding carboxylic acids is 1. The van der Waals surface area contributed by atoms with E-state index in [9.17, 15) is 13.2 Å². The fourth-order valence-electron chi connectivity index (χ4n) is 3.07. The number of aromatic nitrogens is 2. The van der Waals surface area contributed by atoms with Crippen molar-refractivity contribution < 1.29 is 17.4 Å². The van der Waals surface area contributed by atoms with Gasteiger partial charge in [0.2, 0.25) is 5.91 Å². The van der Waals surface area contributed by atoms with E-state index < -0.39 is 16.0 Å². The van der Waals surface area contributed by atoms with E-state index in [4.69, 9.17) is 21.5 Å². The molecule has 0 aliphatic rings. The van der Waals surface area contributed by atoms with Crippen LogP contribution in [0.25, 0.3) is 16.7 Å². The summed E-state index contributed by atoms with van der Waals surface area (Å²) >= 11 is 6.23. The Kier molecular flexibility index (Phi) is 5.74. The summed E-state index contributed by atoms with van der Waals surface area (Å²) in [6, 6.07) is 10.3. The Hall–Kier alpha value is -2.42. The minimum atomic E-state index is -3.65. The molecule has 0 aliphatic heterocycles. The van der Waals surface area contributed by atoms with Gasteiger partial charge in [-0.2, -0.15) is 8.42 Å². The van der Waals surface area contributed by atoms with E-state index in [1.165, 1.54) is 0 Å². The number of nitrogens with zero attached hydrogens (tertiary/aromatic N) is 2. The molecule has 3 aromatic rings. The summed E-state index contributed by atoms with van der Waals surface area (Å²) in [7, 11) is -3.65. The van der Waals surface area contributed by atoms with Crippen LogP contribution in [0.3, 0.4) is 0 Å². The van der Waals surface area contributed by atoms with E-state index in [0.29, 0.717) is 23.0 Å². The van der Waals surface area contributed by atoms with Crippen LogP contribution < -0.4 is 5.73 Å². The molecule has 0 aliphatic carbocycles. The first-order valence-electron chi connectivity index (χ1n) is 8.72. The lowest BCUT2D eigenvalue weighted by molar-refractivity contribution is 0.100. The minimum Gasteiger partial charge on any atom is -0.366 e. The van der Waals surface area contributed by atoms with Crippen molar-refractivity contribution in [3.05, 3.63) is 58.4 Å². The lowest BCUT2D eigenvalue weighted by atomic mass is 10.1. The average molecular weight is 422 g/mol. The first-order valence-corrected chi connectivity index (χ1v) is 10.7. The molecule has 1 aromatic heterocycles. The minimum absolute atomic E-state index is 0.0921. The van der Waals surface area contributed by atoms with Crippen LogP contribution in [-0.4, -0.2) is 30.5 Å². The number of carbonyl (C=O) groups is 1. The molecule has 0 fully saturated rings. The quantitative estimate of drug-likeness (QED) is 0.590. The van der Waals surface area contributed by atoms with Gasteiger partial charge in [-0.15, -0.1) is 0 Å². The number of hydrogen-bond acceptors (Lipinski definition) is 5. The summed E-state index contributed by atoms with van der Waals surface area (Å²) in [5, 5.41) is 0.235. The van der Waals surface area contributed by atoms with Gasteiger partial charge in [0, 0.05) is 12.1 Å². The number of benzene rings is 2. The van der Waals surface area contributed by atoms with Gasteiger partial charge in [0.05, 0.1) is 28.2 Å². The summed E-state index contributed by atoms with van der Waals surface area (Å²) in [5.74, 6) is -0.102. The molecule has 0 saturated heterocycles.